The number of ether oxygens (including phenoxy) is 1. The van der Waals surface area contributed by atoms with Gasteiger partial charge in [-0.15, -0.1) is 0 Å². The third-order valence-corrected chi connectivity index (χ3v) is 2.52. The minimum Gasteiger partial charge on any atom is -0.388 e. The van der Waals surface area contributed by atoms with Crippen molar-refractivity contribution in [1.29, 1.82) is 0 Å². The average molecular weight is 262 g/mol. The summed E-state index contributed by atoms with van der Waals surface area (Å²) >= 11 is 0. The number of rotatable bonds is 4. The highest BCUT2D eigenvalue weighted by molar-refractivity contribution is 7.46. The summed E-state index contributed by atoms with van der Waals surface area (Å²) < 4.78 is 31.2. The number of hydrogen-bond donors (Lipinski definition) is 5. The fraction of sp³-hybridized carbons (Fsp3) is 1.00. The van der Waals surface area contributed by atoms with Crippen molar-refractivity contribution in [2.75, 3.05) is 6.67 Å². The van der Waals surface area contributed by atoms with E-state index < -0.39 is 45.2 Å². The van der Waals surface area contributed by atoms with Crippen molar-refractivity contribution in [2.45, 2.75) is 30.7 Å². The molecular weight excluding hydrogens is 250 g/mol. The Morgan fingerprint density at radius 1 is 1.38 bits per heavy atom. The van der Waals surface area contributed by atoms with Crippen LogP contribution in [0.2, 0.25) is 0 Å². The van der Waals surface area contributed by atoms with Crippen molar-refractivity contribution in [2.24, 2.45) is 0 Å². The summed E-state index contributed by atoms with van der Waals surface area (Å²) in [6.07, 6.45) is -8.50. The maximum Gasteiger partial charge on any atom is 0.472 e. The van der Waals surface area contributed by atoms with Crippen molar-refractivity contribution >= 4 is 7.82 Å². The largest absolute Gasteiger partial charge is 0.472 e. The van der Waals surface area contributed by atoms with E-state index in [0.29, 0.717) is 0 Å². The van der Waals surface area contributed by atoms with Gasteiger partial charge >= 0.3 is 7.82 Å². The van der Waals surface area contributed by atoms with E-state index >= 15 is 0 Å². The molecule has 1 rings (SSSR count). The lowest BCUT2D eigenvalue weighted by Gasteiger charge is -2.17. The van der Waals surface area contributed by atoms with Gasteiger partial charge in [0.15, 0.2) is 6.29 Å². The lowest BCUT2D eigenvalue weighted by atomic mass is 10.1. The predicted octanol–water partition coefficient (Wildman–Crippen LogP) is -2.13. The Labute approximate surface area is 89.5 Å². The second-order valence-electron chi connectivity index (χ2n) is 3.27. The maximum atomic E-state index is 12.1. The molecule has 1 aliphatic heterocycles. The van der Waals surface area contributed by atoms with Gasteiger partial charge in [0.05, 0.1) is 0 Å². The molecule has 8 nitrogen and oxygen atoms in total. The van der Waals surface area contributed by atoms with Gasteiger partial charge in [0.2, 0.25) is 0 Å². The minimum atomic E-state index is -4.92. The molecule has 1 fully saturated rings. The summed E-state index contributed by atoms with van der Waals surface area (Å²) in [6.45, 7) is -1.24. The smallest absolute Gasteiger partial charge is 0.388 e. The Kier molecular flexibility index (Phi) is 4.38. The first-order valence-electron chi connectivity index (χ1n) is 4.26. The second kappa shape index (κ2) is 5.03. The van der Waals surface area contributed by atoms with Crippen LogP contribution in [0, 0.1) is 0 Å². The zero-order chi connectivity index (χ0) is 12.5. The topological polar surface area (TPSA) is 137 Å². The fourth-order valence-electron chi connectivity index (χ4n) is 1.30. The number of aliphatic hydroxyl groups is 3. The van der Waals surface area contributed by atoms with E-state index in [4.69, 9.17) is 14.9 Å². The molecule has 0 unspecified atom stereocenters. The molecule has 0 saturated carbocycles. The van der Waals surface area contributed by atoms with Gasteiger partial charge < -0.3 is 29.8 Å². The molecule has 0 aromatic rings. The summed E-state index contributed by atoms with van der Waals surface area (Å²) in [5, 5.41) is 27.6. The fourth-order valence-corrected chi connectivity index (χ4v) is 1.74. The molecule has 0 aliphatic carbocycles. The molecule has 10 heteroatoms. The first-order chi connectivity index (χ1) is 7.26. The summed E-state index contributed by atoms with van der Waals surface area (Å²) in [5.41, 5.74) is 0. The number of phosphoric ester groups is 1. The van der Waals surface area contributed by atoms with Crippen LogP contribution < -0.4 is 0 Å². The minimum absolute atomic E-state index is 1.24. The third kappa shape index (κ3) is 3.19. The quantitative estimate of drug-likeness (QED) is 0.362. The first kappa shape index (κ1) is 13.9. The highest BCUT2D eigenvalue weighted by atomic mass is 31.2. The molecule has 0 bridgehead atoms. The molecule has 5 N–H and O–H groups in total. The monoisotopic (exact) mass is 262 g/mol. The molecule has 0 radical (unpaired) electrons. The summed E-state index contributed by atoms with van der Waals surface area (Å²) in [5.74, 6) is 0. The van der Waals surface area contributed by atoms with E-state index in [0.717, 1.165) is 0 Å². The van der Waals surface area contributed by atoms with Crippen molar-refractivity contribution < 1.29 is 43.3 Å². The van der Waals surface area contributed by atoms with Gasteiger partial charge in [0.25, 0.3) is 0 Å². The van der Waals surface area contributed by atoms with E-state index in [1.165, 1.54) is 0 Å². The standard InChI is InChI=1S/C6H12FO8P/c7-1-2(8)5-3(9)4(10)6(14-5)15-16(11,12)13/h2-6,8-10H,1H2,(H2,11,12,13)/t2-,3-,4-,5+,6-/m1/s1. The predicted molar refractivity (Wildman–Crippen MR) is 45.8 cm³/mol. The lowest BCUT2D eigenvalue weighted by Crippen LogP contribution is -2.39. The molecule has 0 aromatic carbocycles. The lowest BCUT2D eigenvalue weighted by molar-refractivity contribution is -0.141. The molecule has 0 spiro atoms. The van der Waals surface area contributed by atoms with Gasteiger partial charge in [-0.1, -0.05) is 0 Å². The molecule has 0 amide bonds. The molecule has 1 saturated heterocycles. The summed E-state index contributed by atoms with van der Waals surface area (Å²) in [4.78, 5) is 16.9. The van der Waals surface area contributed by atoms with Gasteiger partial charge in [-0.2, -0.15) is 0 Å². The van der Waals surface area contributed by atoms with Crippen LogP contribution in [-0.2, 0) is 13.8 Å². The Hall–Kier alpha value is -0.120. The zero-order valence-corrected chi connectivity index (χ0v) is 8.77. The van der Waals surface area contributed by atoms with Gasteiger partial charge in [-0.3, -0.25) is 4.52 Å². The Bertz CT molecular complexity index is 282. The number of phosphoric acid groups is 1. The number of aliphatic hydroxyl groups excluding tert-OH is 3. The van der Waals surface area contributed by atoms with Crippen LogP contribution in [0.4, 0.5) is 4.39 Å². The van der Waals surface area contributed by atoms with Gasteiger partial charge in [0, 0.05) is 0 Å². The third-order valence-electron chi connectivity index (χ3n) is 2.04. The van der Waals surface area contributed by atoms with Crippen LogP contribution in [0.15, 0.2) is 0 Å². The average Bonchev–Trinajstić information content (AvgIpc) is 2.43. The molecule has 1 heterocycles. The van der Waals surface area contributed by atoms with Gasteiger partial charge in [-0.05, 0) is 0 Å². The number of hydrogen-bond acceptors (Lipinski definition) is 6. The molecule has 96 valence electrons. The molecule has 1 aliphatic rings. The van der Waals surface area contributed by atoms with E-state index in [1.54, 1.807) is 0 Å². The highest BCUT2D eigenvalue weighted by Crippen LogP contribution is 2.41. The van der Waals surface area contributed by atoms with Crippen molar-refractivity contribution in [3.63, 3.8) is 0 Å². The van der Waals surface area contributed by atoms with Crippen molar-refractivity contribution in [3.8, 4) is 0 Å². The van der Waals surface area contributed by atoms with Crippen LogP contribution in [0.3, 0.4) is 0 Å². The van der Waals surface area contributed by atoms with Gasteiger partial charge in [-0.25, -0.2) is 8.96 Å². The van der Waals surface area contributed by atoms with Crippen LogP contribution in [0.25, 0.3) is 0 Å². The molecule has 16 heavy (non-hydrogen) atoms. The Morgan fingerprint density at radius 2 is 1.94 bits per heavy atom. The normalized spacial score (nSPS) is 37.6. The van der Waals surface area contributed by atoms with Crippen LogP contribution in [0.5, 0.6) is 0 Å². The second-order valence-corrected chi connectivity index (χ2v) is 4.46. The molecule has 5 atom stereocenters. The highest BCUT2D eigenvalue weighted by Gasteiger charge is 2.48. The van der Waals surface area contributed by atoms with Gasteiger partial charge in [0.1, 0.15) is 31.1 Å². The van der Waals surface area contributed by atoms with Crippen molar-refractivity contribution in [3.05, 3.63) is 0 Å². The zero-order valence-electron chi connectivity index (χ0n) is 7.88. The van der Waals surface area contributed by atoms with E-state index in [-0.39, 0.29) is 0 Å². The first-order valence-corrected chi connectivity index (χ1v) is 5.79. The molecule has 0 aromatic heterocycles. The SMILES string of the molecule is O=P(O)(O)O[C@H]1O[C@@H]([C@H](O)CF)[C@H](O)[C@H]1O. The summed E-state index contributed by atoms with van der Waals surface area (Å²) in [6, 6.07) is 0. The van der Waals surface area contributed by atoms with Crippen LogP contribution >= 0.6 is 7.82 Å². The van der Waals surface area contributed by atoms with E-state index in [1.807, 2.05) is 0 Å². The van der Waals surface area contributed by atoms with E-state index in [9.17, 15) is 19.2 Å². The Balaban J connectivity index is 2.68. The number of alkyl halides is 1. The van der Waals surface area contributed by atoms with Crippen LogP contribution in [0.1, 0.15) is 0 Å². The van der Waals surface area contributed by atoms with Crippen molar-refractivity contribution in [1.82, 2.24) is 0 Å². The number of halogens is 1. The van der Waals surface area contributed by atoms with Crippen LogP contribution in [-0.4, -0.2) is 62.5 Å². The van der Waals surface area contributed by atoms with E-state index in [2.05, 4.69) is 9.26 Å². The molecular formula is C6H12FO8P. The Morgan fingerprint density at radius 3 is 2.38 bits per heavy atom. The summed E-state index contributed by atoms with van der Waals surface area (Å²) in [7, 11) is -4.92. The maximum absolute atomic E-state index is 12.1.